The van der Waals surface area contributed by atoms with Crippen molar-refractivity contribution >= 4 is 17.6 Å². The molecule has 5 heteroatoms. The molecule has 0 radical (unpaired) electrons. The van der Waals surface area contributed by atoms with Crippen LogP contribution in [0, 0.1) is 0 Å². The lowest BCUT2D eigenvalue weighted by molar-refractivity contribution is 0.0600. The number of aromatic nitrogens is 1. The summed E-state index contributed by atoms with van der Waals surface area (Å²) in [7, 11) is 1.32. The third kappa shape index (κ3) is 2.57. The van der Waals surface area contributed by atoms with Crippen LogP contribution >= 0.6 is 0 Å². The van der Waals surface area contributed by atoms with E-state index >= 15 is 0 Å². The number of H-pyrrole nitrogens is 1. The molecule has 0 fully saturated rings. The van der Waals surface area contributed by atoms with Crippen LogP contribution in [0.15, 0.2) is 42.7 Å². The van der Waals surface area contributed by atoms with Gasteiger partial charge >= 0.3 is 5.97 Å². The molecule has 0 aliphatic heterocycles. The SMILES string of the molecule is COC(=O)c1ccc(NC(=O)c2cc[nH]c2)cc1. The second kappa shape index (κ2) is 5.18. The largest absolute Gasteiger partial charge is 0.465 e. The van der Waals surface area contributed by atoms with Gasteiger partial charge in [0, 0.05) is 18.1 Å². The van der Waals surface area contributed by atoms with Gasteiger partial charge in [0.05, 0.1) is 18.2 Å². The van der Waals surface area contributed by atoms with Crippen LogP contribution in [0.4, 0.5) is 5.69 Å². The number of hydrogen-bond donors (Lipinski definition) is 2. The Labute approximate surface area is 104 Å². The molecule has 0 aliphatic carbocycles. The highest BCUT2D eigenvalue weighted by Gasteiger charge is 2.07. The highest BCUT2D eigenvalue weighted by atomic mass is 16.5. The highest BCUT2D eigenvalue weighted by molar-refractivity contribution is 6.04. The van der Waals surface area contributed by atoms with Gasteiger partial charge in [0.15, 0.2) is 0 Å². The molecule has 2 N–H and O–H groups in total. The summed E-state index contributed by atoms with van der Waals surface area (Å²) in [4.78, 5) is 25.8. The summed E-state index contributed by atoms with van der Waals surface area (Å²) in [5.74, 6) is -0.611. The lowest BCUT2D eigenvalue weighted by Crippen LogP contribution is -2.11. The number of hydrogen-bond acceptors (Lipinski definition) is 3. The minimum absolute atomic E-state index is 0.206. The molecule has 1 heterocycles. The van der Waals surface area contributed by atoms with Crippen molar-refractivity contribution in [2.75, 3.05) is 12.4 Å². The third-order valence-electron chi connectivity index (χ3n) is 2.42. The Kier molecular flexibility index (Phi) is 3.43. The Morgan fingerprint density at radius 2 is 1.83 bits per heavy atom. The number of carbonyl (C=O) groups is 2. The second-order valence-electron chi connectivity index (χ2n) is 3.62. The monoisotopic (exact) mass is 244 g/mol. The molecule has 0 saturated carbocycles. The number of rotatable bonds is 3. The number of esters is 1. The molecule has 0 saturated heterocycles. The number of ether oxygens (including phenoxy) is 1. The first-order valence-corrected chi connectivity index (χ1v) is 5.33. The lowest BCUT2D eigenvalue weighted by Gasteiger charge is -2.04. The Hall–Kier alpha value is -2.56. The number of amides is 1. The molecule has 18 heavy (non-hydrogen) atoms. The van der Waals surface area contributed by atoms with E-state index < -0.39 is 5.97 Å². The zero-order valence-corrected chi connectivity index (χ0v) is 9.77. The highest BCUT2D eigenvalue weighted by Crippen LogP contribution is 2.11. The zero-order valence-electron chi connectivity index (χ0n) is 9.77. The number of carbonyl (C=O) groups excluding carboxylic acids is 2. The predicted octanol–water partition coefficient (Wildman–Crippen LogP) is 2.05. The quantitative estimate of drug-likeness (QED) is 0.812. The van der Waals surface area contributed by atoms with Gasteiger partial charge in [0.25, 0.3) is 5.91 Å². The standard InChI is InChI=1S/C13H12N2O3/c1-18-13(17)9-2-4-11(5-3-9)15-12(16)10-6-7-14-8-10/h2-8,14H,1H3,(H,15,16). The lowest BCUT2D eigenvalue weighted by atomic mass is 10.2. The van der Waals surface area contributed by atoms with Gasteiger partial charge in [0.2, 0.25) is 0 Å². The van der Waals surface area contributed by atoms with E-state index in [1.807, 2.05) is 0 Å². The van der Waals surface area contributed by atoms with E-state index in [0.717, 1.165) is 0 Å². The minimum atomic E-state index is -0.404. The molecule has 1 amide bonds. The van der Waals surface area contributed by atoms with Gasteiger partial charge in [-0.3, -0.25) is 4.79 Å². The van der Waals surface area contributed by atoms with Crippen molar-refractivity contribution in [1.29, 1.82) is 0 Å². The number of methoxy groups -OCH3 is 1. The average Bonchev–Trinajstić information content (AvgIpc) is 2.92. The number of aromatic amines is 1. The van der Waals surface area contributed by atoms with Gasteiger partial charge in [0.1, 0.15) is 0 Å². The van der Waals surface area contributed by atoms with E-state index in [-0.39, 0.29) is 5.91 Å². The molecular weight excluding hydrogens is 232 g/mol. The molecule has 1 aromatic heterocycles. The van der Waals surface area contributed by atoms with Crippen LogP contribution < -0.4 is 5.32 Å². The van der Waals surface area contributed by atoms with E-state index in [1.54, 1.807) is 42.7 Å². The minimum Gasteiger partial charge on any atom is -0.465 e. The zero-order chi connectivity index (χ0) is 13.0. The Morgan fingerprint density at radius 1 is 1.11 bits per heavy atom. The van der Waals surface area contributed by atoms with Gasteiger partial charge in [-0.25, -0.2) is 4.79 Å². The molecule has 2 aromatic rings. The molecule has 0 aliphatic rings. The summed E-state index contributed by atoms with van der Waals surface area (Å²) < 4.78 is 4.59. The first-order chi connectivity index (χ1) is 8.70. The summed E-state index contributed by atoms with van der Waals surface area (Å²) in [5, 5.41) is 2.72. The fourth-order valence-electron chi connectivity index (χ4n) is 1.48. The first-order valence-electron chi connectivity index (χ1n) is 5.33. The first kappa shape index (κ1) is 11.9. The van der Waals surface area contributed by atoms with Gasteiger partial charge in [-0.1, -0.05) is 0 Å². The number of benzene rings is 1. The van der Waals surface area contributed by atoms with Crippen LogP contribution in [-0.4, -0.2) is 24.0 Å². The van der Waals surface area contributed by atoms with Crippen LogP contribution in [0.1, 0.15) is 20.7 Å². The fourth-order valence-corrected chi connectivity index (χ4v) is 1.48. The summed E-state index contributed by atoms with van der Waals surface area (Å²) in [5.41, 5.74) is 1.61. The fraction of sp³-hybridized carbons (Fsp3) is 0.0769. The molecule has 0 bridgehead atoms. The average molecular weight is 244 g/mol. The molecule has 5 nitrogen and oxygen atoms in total. The van der Waals surface area contributed by atoms with E-state index in [2.05, 4.69) is 15.0 Å². The molecule has 1 aromatic carbocycles. The Bertz CT molecular complexity index is 544. The smallest absolute Gasteiger partial charge is 0.337 e. The molecular formula is C13H12N2O3. The third-order valence-corrected chi connectivity index (χ3v) is 2.42. The van der Waals surface area contributed by atoms with Gasteiger partial charge in [-0.2, -0.15) is 0 Å². The van der Waals surface area contributed by atoms with Crippen LogP contribution in [-0.2, 0) is 4.74 Å². The van der Waals surface area contributed by atoms with Crippen LogP contribution in [0.2, 0.25) is 0 Å². The molecule has 0 unspecified atom stereocenters. The van der Waals surface area contributed by atoms with Gasteiger partial charge in [-0.15, -0.1) is 0 Å². The van der Waals surface area contributed by atoms with Gasteiger partial charge in [-0.05, 0) is 30.3 Å². The van der Waals surface area contributed by atoms with Crippen LogP contribution in [0.3, 0.4) is 0 Å². The van der Waals surface area contributed by atoms with Crippen molar-refractivity contribution in [1.82, 2.24) is 4.98 Å². The summed E-state index contributed by atoms with van der Waals surface area (Å²) in [6.45, 7) is 0. The molecule has 92 valence electrons. The summed E-state index contributed by atoms with van der Waals surface area (Å²) in [6, 6.07) is 8.17. The van der Waals surface area contributed by atoms with Crippen molar-refractivity contribution in [2.24, 2.45) is 0 Å². The van der Waals surface area contributed by atoms with Crippen molar-refractivity contribution in [2.45, 2.75) is 0 Å². The second-order valence-corrected chi connectivity index (χ2v) is 3.62. The maximum absolute atomic E-state index is 11.7. The van der Waals surface area contributed by atoms with Crippen molar-refractivity contribution < 1.29 is 14.3 Å². The van der Waals surface area contributed by atoms with E-state index in [9.17, 15) is 9.59 Å². The Morgan fingerprint density at radius 3 is 2.39 bits per heavy atom. The van der Waals surface area contributed by atoms with Crippen LogP contribution in [0.25, 0.3) is 0 Å². The van der Waals surface area contributed by atoms with Crippen LogP contribution in [0.5, 0.6) is 0 Å². The van der Waals surface area contributed by atoms with E-state index in [1.165, 1.54) is 7.11 Å². The summed E-state index contributed by atoms with van der Waals surface area (Å²) in [6.07, 6.45) is 3.29. The summed E-state index contributed by atoms with van der Waals surface area (Å²) >= 11 is 0. The van der Waals surface area contributed by atoms with Crippen molar-refractivity contribution in [3.63, 3.8) is 0 Å². The Balaban J connectivity index is 2.07. The predicted molar refractivity (Wildman–Crippen MR) is 66.5 cm³/mol. The van der Waals surface area contributed by atoms with Crippen molar-refractivity contribution in [3.05, 3.63) is 53.9 Å². The molecule has 0 spiro atoms. The maximum atomic E-state index is 11.7. The molecule has 2 rings (SSSR count). The van der Waals surface area contributed by atoms with E-state index in [0.29, 0.717) is 16.8 Å². The number of anilines is 1. The normalized spacial score (nSPS) is 9.83. The number of nitrogens with one attached hydrogen (secondary N) is 2. The van der Waals surface area contributed by atoms with E-state index in [4.69, 9.17) is 0 Å². The van der Waals surface area contributed by atoms with Crippen molar-refractivity contribution in [3.8, 4) is 0 Å². The maximum Gasteiger partial charge on any atom is 0.337 e. The van der Waals surface area contributed by atoms with Gasteiger partial charge < -0.3 is 15.0 Å². The molecule has 0 atom stereocenters. The topological polar surface area (TPSA) is 71.2 Å².